The predicted octanol–water partition coefficient (Wildman–Crippen LogP) is 6.66. The summed E-state index contributed by atoms with van der Waals surface area (Å²) in [4.78, 5) is 18.0. The van der Waals surface area contributed by atoms with Gasteiger partial charge < -0.3 is 5.32 Å². The molecule has 0 saturated heterocycles. The van der Waals surface area contributed by atoms with Crippen LogP contribution < -0.4 is 10.6 Å². The summed E-state index contributed by atoms with van der Waals surface area (Å²) in [6.45, 7) is 17.1. The Bertz CT molecular complexity index is 1070. The molecule has 7 heteroatoms. The minimum absolute atomic E-state index is 0.0491. The fourth-order valence-electron chi connectivity index (χ4n) is 5.15. The molecular weight excluding hydrogens is 577 g/mol. The van der Waals surface area contributed by atoms with Gasteiger partial charge in [-0.1, -0.05) is 0 Å². The van der Waals surface area contributed by atoms with Crippen LogP contribution in [0.2, 0.25) is 5.32 Å². The molecule has 2 N–H and O–H groups in total. The van der Waals surface area contributed by atoms with Crippen LogP contribution in [0.5, 0.6) is 0 Å². The van der Waals surface area contributed by atoms with E-state index < -0.39 is 0 Å². The van der Waals surface area contributed by atoms with E-state index in [0.717, 1.165) is 77.7 Å². The third-order valence-electron chi connectivity index (χ3n) is 8.67. The molecular formula is C34H55N3O3Se. The summed E-state index contributed by atoms with van der Waals surface area (Å²) in [6, 6.07) is 4.34. The molecule has 41 heavy (non-hydrogen) atoms. The van der Waals surface area contributed by atoms with E-state index in [1.165, 1.54) is 5.57 Å². The number of nitrogens with one attached hydrogen (secondary N) is 2. The molecule has 2 bridgehead atoms. The van der Waals surface area contributed by atoms with Gasteiger partial charge in [-0.15, -0.1) is 0 Å². The molecule has 1 aromatic rings. The van der Waals surface area contributed by atoms with Crippen LogP contribution in [0.1, 0.15) is 76.2 Å². The molecule has 0 spiro atoms. The Kier molecular flexibility index (Phi) is 15.4. The van der Waals surface area contributed by atoms with Gasteiger partial charge >= 0.3 is 238 Å². The number of carbonyl (C=O) groups is 1. The smallest absolute Gasteiger partial charge is 0.318 e. The molecule has 1 amide bonds. The summed E-state index contributed by atoms with van der Waals surface area (Å²) in [5.74, 6) is 1.03. The van der Waals surface area contributed by atoms with Crippen molar-refractivity contribution < 1.29 is 14.3 Å². The fraction of sp³-hybridized carbons (Fsp3) is 0.618. The zero-order chi connectivity index (χ0) is 30.5. The molecule has 6 nitrogen and oxygen atoms in total. The number of hydrogen-bond acceptors (Lipinski definition) is 5. The van der Waals surface area contributed by atoms with Crippen LogP contribution in [0, 0.1) is 18.8 Å². The number of benzene rings is 1. The number of anilines is 1. The van der Waals surface area contributed by atoms with Crippen LogP contribution in [0.25, 0.3) is 0 Å². The third-order valence-corrected chi connectivity index (χ3v) is 11.0. The standard InChI is InChI=1S/C34H55N3O3Se/c1-23-12-11-13-24(2)34(38)36-32-20-29(18-26(4)37(8)17-16-35-7)19-31(28(32)6)33(40-10)15-14-30(39-9)22-41-21-25(3)27(23)5/h13,19-21,23,27,30,33,35H,4,11-12,14-18,22H2,1-3,5-10H3,(H,36,38)/b24-13+,25-21+. The Morgan fingerprint density at radius 3 is 2.54 bits per heavy atom. The maximum absolute atomic E-state index is 13.3. The molecule has 0 aromatic heterocycles. The summed E-state index contributed by atoms with van der Waals surface area (Å²) in [6.07, 6.45) is 6.61. The second-order valence-electron chi connectivity index (χ2n) is 11.7. The number of likely N-dealkylation sites (N-methyl/N-ethyl adjacent to an activating group) is 2. The number of amides is 1. The number of rotatable bonds is 8. The Balaban J connectivity index is 2.47. The van der Waals surface area contributed by atoms with Crippen molar-refractivity contribution in [3.63, 3.8) is 0 Å². The summed E-state index contributed by atoms with van der Waals surface area (Å²) < 4.78 is 12.0. The number of fused-ring (bicyclic) bond motifs is 2. The first-order valence-electron chi connectivity index (χ1n) is 15.0. The van der Waals surface area contributed by atoms with Gasteiger partial charge in [0.2, 0.25) is 0 Å². The first-order valence-corrected chi connectivity index (χ1v) is 17.2. The number of ether oxygens (including phenoxy) is 2. The number of allylic oxidation sites excluding steroid dienone is 3. The van der Waals surface area contributed by atoms with Gasteiger partial charge in [-0.3, -0.25) is 0 Å². The van der Waals surface area contributed by atoms with Crippen LogP contribution in [-0.2, 0) is 20.7 Å². The summed E-state index contributed by atoms with van der Waals surface area (Å²) in [5.41, 5.74) is 7.39. The average molecular weight is 633 g/mol. The van der Waals surface area contributed by atoms with Crippen molar-refractivity contribution in [3.8, 4) is 0 Å². The topological polar surface area (TPSA) is 62.8 Å². The molecule has 2 rings (SSSR count). The molecule has 4 atom stereocenters. The second-order valence-corrected chi connectivity index (χ2v) is 13.6. The fourth-order valence-corrected chi connectivity index (χ4v) is 7.44. The number of methoxy groups -OCH3 is 2. The van der Waals surface area contributed by atoms with E-state index in [-0.39, 0.29) is 18.1 Å². The SMILES string of the molecule is C=C(Cc1cc2c(C)c(c1)C(OC)CCC(OC)C[Se]/C=C(\C)C(C)C(C)CC/C=C(\C)C(=O)N2)N(C)CCNC. The number of carbonyl (C=O) groups excluding carboxylic acids is 1. The normalized spacial score (nSPS) is 25.9. The molecule has 230 valence electrons. The van der Waals surface area contributed by atoms with E-state index >= 15 is 0 Å². The van der Waals surface area contributed by atoms with Crippen LogP contribution in [0.3, 0.4) is 0 Å². The molecule has 1 aliphatic rings. The van der Waals surface area contributed by atoms with E-state index in [4.69, 9.17) is 9.47 Å². The second kappa shape index (κ2) is 17.9. The predicted molar refractivity (Wildman–Crippen MR) is 175 cm³/mol. The van der Waals surface area contributed by atoms with Crippen LogP contribution in [0.15, 0.2) is 46.6 Å². The van der Waals surface area contributed by atoms with Crippen molar-refractivity contribution in [2.24, 2.45) is 11.8 Å². The minimum atomic E-state index is -0.0945. The number of hydrogen-bond donors (Lipinski definition) is 2. The minimum Gasteiger partial charge on any atom is -0.318 e. The molecule has 0 fully saturated rings. The van der Waals surface area contributed by atoms with Gasteiger partial charge in [-0.05, 0) is 7.05 Å². The van der Waals surface area contributed by atoms with Gasteiger partial charge in [0.1, 0.15) is 0 Å². The van der Waals surface area contributed by atoms with Gasteiger partial charge in [-0.2, -0.15) is 0 Å². The van der Waals surface area contributed by atoms with Gasteiger partial charge in [0.15, 0.2) is 0 Å². The van der Waals surface area contributed by atoms with Crippen molar-refractivity contribution >= 4 is 26.6 Å². The maximum atomic E-state index is 13.3. The van der Waals surface area contributed by atoms with Crippen molar-refractivity contribution in [2.75, 3.05) is 46.7 Å². The van der Waals surface area contributed by atoms with Gasteiger partial charge in [-0.25, -0.2) is 0 Å². The van der Waals surface area contributed by atoms with E-state index in [0.29, 0.717) is 33.2 Å². The monoisotopic (exact) mass is 633 g/mol. The third kappa shape index (κ3) is 11.0. The Morgan fingerprint density at radius 1 is 1.15 bits per heavy atom. The van der Waals surface area contributed by atoms with Crippen LogP contribution in [-0.4, -0.2) is 73.3 Å². The van der Waals surface area contributed by atoms with Crippen molar-refractivity contribution in [1.82, 2.24) is 10.2 Å². The van der Waals surface area contributed by atoms with Crippen molar-refractivity contribution in [1.29, 1.82) is 0 Å². The summed E-state index contributed by atoms with van der Waals surface area (Å²) in [7, 11) is 7.64. The molecule has 1 heterocycles. The van der Waals surface area contributed by atoms with Gasteiger partial charge in [0.05, 0.1) is 0 Å². The Morgan fingerprint density at radius 2 is 1.88 bits per heavy atom. The van der Waals surface area contributed by atoms with Crippen LogP contribution >= 0.6 is 0 Å². The van der Waals surface area contributed by atoms with E-state index in [9.17, 15) is 4.79 Å². The number of nitrogens with zero attached hydrogens (tertiary/aromatic N) is 1. The van der Waals surface area contributed by atoms with E-state index in [2.05, 4.69) is 80.0 Å². The van der Waals surface area contributed by atoms with Crippen molar-refractivity contribution in [3.05, 3.63) is 63.3 Å². The molecule has 1 aromatic carbocycles. The zero-order valence-electron chi connectivity index (χ0n) is 27.1. The molecule has 0 radical (unpaired) electrons. The summed E-state index contributed by atoms with van der Waals surface area (Å²) >= 11 is 0.389. The van der Waals surface area contributed by atoms with Gasteiger partial charge in [0, 0.05) is 6.54 Å². The van der Waals surface area contributed by atoms with Gasteiger partial charge in [0.25, 0.3) is 0 Å². The van der Waals surface area contributed by atoms with Crippen molar-refractivity contribution in [2.45, 2.75) is 84.2 Å². The van der Waals surface area contributed by atoms with E-state index in [1.807, 2.05) is 21.1 Å². The molecule has 4 unspecified atom stereocenters. The molecule has 1 aliphatic heterocycles. The quantitative estimate of drug-likeness (QED) is 0.314. The Hall–Kier alpha value is -1.89. The van der Waals surface area contributed by atoms with E-state index in [1.54, 1.807) is 7.11 Å². The zero-order valence-corrected chi connectivity index (χ0v) is 28.8. The molecule has 0 saturated carbocycles. The average Bonchev–Trinajstić information content (AvgIpc) is 2.95. The Labute approximate surface area is 256 Å². The summed E-state index contributed by atoms with van der Waals surface area (Å²) in [5, 5.41) is 7.49. The first-order chi connectivity index (χ1) is 19.5. The van der Waals surface area contributed by atoms with Crippen LogP contribution in [0.4, 0.5) is 5.69 Å². The first kappa shape index (κ1) is 35.3. The molecule has 0 aliphatic carbocycles.